The predicted molar refractivity (Wildman–Crippen MR) is 419 cm³/mol. The van der Waals surface area contributed by atoms with Crippen molar-refractivity contribution < 1.29 is 173 Å². The zero-order chi connectivity index (χ0) is 97.0. The largest absolute Gasteiger partial charge is 0.496 e. The minimum Gasteiger partial charge on any atom is -0.496 e. The molecule has 708 valence electrons. The highest BCUT2D eigenvalue weighted by atomic mass is 19.4. The fraction of sp³-hybridized carbons (Fsp3) is 0.349. The van der Waals surface area contributed by atoms with Crippen LogP contribution in [0.4, 0.5) is 121 Å². The molecule has 0 saturated carbocycles. The van der Waals surface area contributed by atoms with E-state index in [4.69, 9.17) is 38.4 Å². The minimum atomic E-state index is -5.16. The fourth-order valence-corrected chi connectivity index (χ4v) is 11.8. The number of amides is 6. The highest BCUT2D eigenvalue weighted by Gasteiger charge is 2.46. The number of nitrogens with one attached hydrogen (secondary N) is 4. The Morgan fingerprint density at radius 2 is 0.838 bits per heavy atom. The fourth-order valence-electron chi connectivity index (χ4n) is 11.8. The van der Waals surface area contributed by atoms with Crippen molar-refractivity contribution in [3.05, 3.63) is 265 Å². The Kier molecular flexibility index (Phi) is 37.4. The lowest BCUT2D eigenvalue weighted by molar-refractivity contribution is -0.170. The number of carboxylic acids is 1. The van der Waals surface area contributed by atoms with Crippen LogP contribution in [0.5, 0.6) is 5.75 Å². The number of hydroxylamine groups is 2. The maximum Gasteiger partial charge on any atom is 0.416 e. The summed E-state index contributed by atoms with van der Waals surface area (Å²) in [5.74, 6) is -3.56. The molecule has 10 rings (SSSR count). The van der Waals surface area contributed by atoms with Gasteiger partial charge >= 0.3 is 79.7 Å². The number of benzene rings is 8. The molecule has 0 aromatic heterocycles. The quantitative estimate of drug-likeness (QED) is 0.0194. The first-order valence-corrected chi connectivity index (χ1v) is 37.6. The minimum absolute atomic E-state index is 0. The van der Waals surface area contributed by atoms with Crippen molar-refractivity contribution in [3.63, 3.8) is 0 Å². The lowest BCUT2D eigenvalue weighted by Crippen LogP contribution is -2.45. The number of methoxy groups -OCH3 is 1. The summed E-state index contributed by atoms with van der Waals surface area (Å²) in [6.07, 6.45) is -42.5. The highest BCUT2D eigenvalue weighted by molar-refractivity contribution is 6.01. The van der Waals surface area contributed by atoms with Gasteiger partial charge < -0.3 is 54.8 Å². The summed E-state index contributed by atoms with van der Waals surface area (Å²) in [4.78, 5) is 98.4. The Morgan fingerprint density at radius 3 is 1.18 bits per heavy atom. The molecule has 44 heteroatoms. The Morgan fingerprint density at radius 1 is 0.469 bits per heavy atom. The smallest absolute Gasteiger partial charge is 0.416 e. The molecule has 0 spiro atoms. The van der Waals surface area contributed by atoms with Crippen LogP contribution in [0.3, 0.4) is 0 Å². The number of carbonyl (C=O) groups is 8. The van der Waals surface area contributed by atoms with Gasteiger partial charge in [0.1, 0.15) is 55.7 Å². The molecule has 7 atom stereocenters. The summed E-state index contributed by atoms with van der Waals surface area (Å²) in [5.41, 5.74) is -9.41. The number of Topliss-reactive ketones (excluding diaryl/α,β-unsaturated/α-hetero) is 1. The molecule has 2 aliphatic heterocycles. The first-order valence-electron chi connectivity index (χ1n) is 37.6. The van der Waals surface area contributed by atoms with Crippen molar-refractivity contribution in [1.82, 2.24) is 31.2 Å². The number of hydrogen-bond donors (Lipinski definition) is 5. The van der Waals surface area contributed by atoms with Gasteiger partial charge in [0.25, 0.3) is 5.91 Å². The summed E-state index contributed by atoms with van der Waals surface area (Å²) < 4.78 is 320. The van der Waals surface area contributed by atoms with E-state index in [2.05, 4.69) is 21.3 Å². The molecule has 2 heterocycles. The Balaban J connectivity index is 0.000000303. The number of ketones is 1. The summed E-state index contributed by atoms with van der Waals surface area (Å²) in [5, 5.41) is 18.6. The SMILES string of the molecule is C.CC(NC(=O)OCc1ccccc1)C(=O)O.CC(NC(=O)OCc1ccccc1)C(=O)c1cc(C(F)(F)F)cc(C(F)(F)F)c1.CON(C)C(=O)C(C)NC(=O)OCc1ccccc1.COc1cc(F)c(C(C)C)cc1-c1ccc(C(F)(F)F)cc1CN1C(=O)O[C@H](c2cc(C(F)(F)F)cc(C(F)(F)F)c2)[C@@H]1C.C[C@@H]1NC(=O)O[C@@H]1c1cc(C(F)(F)F)cc(C(F)(F)F)c1. The van der Waals surface area contributed by atoms with Gasteiger partial charge in [0.2, 0.25) is 0 Å². The molecule has 0 bridgehead atoms. The highest BCUT2D eigenvalue weighted by Crippen LogP contribution is 2.46. The van der Waals surface area contributed by atoms with Crippen molar-refractivity contribution in [2.24, 2.45) is 0 Å². The van der Waals surface area contributed by atoms with Crippen molar-refractivity contribution in [3.8, 4) is 16.9 Å². The van der Waals surface area contributed by atoms with E-state index < -0.39 is 190 Å². The van der Waals surface area contributed by atoms with Crippen LogP contribution in [0.25, 0.3) is 11.1 Å². The number of hydrogen-bond acceptors (Lipinski definition) is 15. The molecule has 2 aliphatic rings. The second-order valence-corrected chi connectivity index (χ2v) is 28.5. The van der Waals surface area contributed by atoms with E-state index in [9.17, 15) is 135 Å². The lowest BCUT2D eigenvalue weighted by atomic mass is 9.91. The monoisotopic (exact) mass is 1870 g/mol. The van der Waals surface area contributed by atoms with E-state index in [0.717, 1.165) is 52.3 Å². The molecule has 22 nitrogen and oxygen atoms in total. The van der Waals surface area contributed by atoms with Crippen LogP contribution in [0.1, 0.15) is 162 Å². The second-order valence-electron chi connectivity index (χ2n) is 28.5. The Bertz CT molecular complexity index is 5100. The van der Waals surface area contributed by atoms with Gasteiger partial charge in [-0.1, -0.05) is 118 Å². The molecule has 6 amide bonds. The van der Waals surface area contributed by atoms with Crippen LogP contribution in [0, 0.1) is 5.82 Å². The zero-order valence-corrected chi connectivity index (χ0v) is 69.0. The van der Waals surface area contributed by atoms with Crippen LogP contribution in [0.15, 0.2) is 176 Å². The van der Waals surface area contributed by atoms with E-state index in [1.807, 2.05) is 60.7 Å². The molecular formula is C86H84F22N6O16. The number of rotatable bonds is 21. The van der Waals surface area contributed by atoms with E-state index in [1.54, 1.807) is 51.1 Å². The van der Waals surface area contributed by atoms with Crippen LogP contribution in [-0.4, -0.2) is 115 Å². The van der Waals surface area contributed by atoms with Gasteiger partial charge in [0, 0.05) is 24.2 Å². The molecule has 3 unspecified atom stereocenters. The maximum absolute atomic E-state index is 14.7. The third-order valence-electron chi connectivity index (χ3n) is 18.5. The van der Waals surface area contributed by atoms with Gasteiger partial charge in [-0.05, 0) is 158 Å². The number of cyclic esters (lactones) is 2. The lowest BCUT2D eigenvalue weighted by Gasteiger charge is -2.24. The topological polar surface area (TPSA) is 276 Å². The average molecular weight is 1880 g/mol. The van der Waals surface area contributed by atoms with Gasteiger partial charge in [0.05, 0.1) is 77.8 Å². The van der Waals surface area contributed by atoms with Gasteiger partial charge in [-0.25, -0.2) is 33.4 Å². The Hall–Kier alpha value is -13.1. The second kappa shape index (κ2) is 45.3. The molecule has 2 fully saturated rings. The number of aliphatic carboxylic acids is 1. The molecule has 0 radical (unpaired) electrons. The number of carbonyl (C=O) groups excluding carboxylic acids is 7. The molecule has 0 aliphatic carbocycles. The van der Waals surface area contributed by atoms with Crippen molar-refractivity contribution >= 4 is 48.1 Å². The molecule has 8 aromatic rings. The number of carboxylic acid groups (broad SMARTS) is 1. The Labute approximate surface area is 727 Å². The number of alkyl halides is 21. The van der Waals surface area contributed by atoms with Crippen LogP contribution < -0.4 is 26.0 Å². The van der Waals surface area contributed by atoms with Crippen LogP contribution in [-0.2, 0) is 108 Å². The number of nitrogens with zero attached hydrogens (tertiary/aromatic N) is 2. The first kappa shape index (κ1) is 107. The van der Waals surface area contributed by atoms with Crippen LogP contribution >= 0.6 is 0 Å². The molecular weight excluding hydrogens is 1790 g/mol. The number of likely N-dealkylation sites (N-methyl/N-ethyl adjacent to an activating group) is 1. The van der Waals surface area contributed by atoms with Gasteiger partial charge in [-0.3, -0.25) is 24.1 Å². The summed E-state index contributed by atoms with van der Waals surface area (Å²) in [6.45, 7) is 9.72. The number of halogens is 22. The maximum atomic E-state index is 14.7. The predicted octanol–water partition coefficient (Wildman–Crippen LogP) is 22.2. The third-order valence-corrected chi connectivity index (χ3v) is 18.5. The van der Waals surface area contributed by atoms with Gasteiger partial charge in [-0.2, -0.15) is 92.2 Å². The summed E-state index contributed by atoms with van der Waals surface area (Å²) in [6, 6.07) is 29.5. The van der Waals surface area contributed by atoms with E-state index in [0.29, 0.717) is 42.0 Å². The van der Waals surface area contributed by atoms with Crippen LogP contribution in [0.2, 0.25) is 0 Å². The van der Waals surface area contributed by atoms with Crippen molar-refractivity contribution in [1.29, 1.82) is 0 Å². The average Bonchev–Trinajstić information content (AvgIpc) is 1.17. The van der Waals surface area contributed by atoms with E-state index >= 15 is 0 Å². The van der Waals surface area contributed by atoms with Gasteiger partial charge in [-0.15, -0.1) is 0 Å². The summed E-state index contributed by atoms with van der Waals surface area (Å²) >= 11 is 0. The first-order chi connectivity index (χ1) is 59.7. The normalized spacial score (nSPS) is 15.7. The summed E-state index contributed by atoms with van der Waals surface area (Å²) in [7, 11) is 4.07. The van der Waals surface area contributed by atoms with Crippen molar-refractivity contribution in [2.75, 3.05) is 21.3 Å². The van der Waals surface area contributed by atoms with E-state index in [1.165, 1.54) is 48.1 Å². The molecule has 5 N–H and O–H groups in total. The molecule has 130 heavy (non-hydrogen) atoms. The molecule has 8 aromatic carbocycles. The number of alkyl carbamates (subject to hydrolysis) is 4. The third kappa shape index (κ3) is 31.7. The van der Waals surface area contributed by atoms with Gasteiger partial charge in [0.15, 0.2) is 5.78 Å². The molecule has 2 saturated heterocycles. The zero-order valence-electron chi connectivity index (χ0n) is 69.0. The number of ether oxygens (including phenoxy) is 6. The van der Waals surface area contributed by atoms with Crippen molar-refractivity contribution in [2.45, 2.75) is 174 Å². The standard InChI is InChI=1S/C30H25F10NO3.C19H15F6NO3.C13H18N2O4.C12H9F6NO2.C11H13NO4.CH4/c1-14(2)22-11-23(25(43-4)12-24(22)31)21-6-5-18(28(32,33)34)9-17(21)13-41-15(3)26(44-27(41)42)16-7-19(29(35,36)37)10-20(8-16)30(38,39)40;1-11(26-17(28)29-10-12-5-3-2-4-6-12)16(27)13-7-14(18(20,21)22)9-15(8-13)19(23,24)25;1-10(12(16)15(2)18-3)14-13(17)19-9-11-7-5-4-6-8-11;1-5-9(21-10(20)19-5)6-2-7(11(13,14)15)4-8(3-6)12(16,17)18;1-8(10(13)14)12-11(15)16-7-9-5-3-2-4-6-9;/h5-12,14-15,26H,13H2,1-4H3;2-9,11H,10H2,1H3,(H,26,28);4-8,10H,9H2,1-3H3,(H,14,17);2-5,9H,1H3,(H,19,20);2-6,8H,7H2,1H3,(H,12,15)(H,13,14);1H4/t15-,26-;;;5-,9-;;/m0..0../s1. The van der Waals surface area contributed by atoms with E-state index in [-0.39, 0.29) is 90.8 Å².